The van der Waals surface area contributed by atoms with Crippen LogP contribution in [-0.2, 0) is 0 Å². The average Bonchev–Trinajstić information content (AvgIpc) is 2.62. The molecule has 0 unspecified atom stereocenters. The molecule has 0 radical (unpaired) electrons. The van der Waals surface area contributed by atoms with E-state index in [0.29, 0.717) is 5.69 Å². The summed E-state index contributed by atoms with van der Waals surface area (Å²) < 4.78 is 0. The van der Waals surface area contributed by atoms with Crippen LogP contribution in [-0.4, -0.2) is 0 Å². The fourth-order valence-corrected chi connectivity index (χ4v) is 2.44. The van der Waals surface area contributed by atoms with Crippen LogP contribution >= 0.6 is 0 Å². The van der Waals surface area contributed by atoms with Crippen LogP contribution in [0.2, 0.25) is 0 Å². The molecule has 0 aliphatic carbocycles. The maximum atomic E-state index is 10.5. The third kappa shape index (κ3) is 3.20. The zero-order valence-corrected chi connectivity index (χ0v) is 12.0. The van der Waals surface area contributed by atoms with Crippen molar-refractivity contribution >= 4 is 11.4 Å². The number of hydrogen-bond donors (Lipinski definition) is 1. The van der Waals surface area contributed by atoms with Crippen LogP contribution in [0.3, 0.4) is 0 Å². The van der Waals surface area contributed by atoms with Crippen molar-refractivity contribution in [2.24, 2.45) is 5.18 Å². The molecule has 3 aromatic rings. The van der Waals surface area contributed by atoms with Crippen molar-refractivity contribution in [2.45, 2.75) is 6.04 Å². The fraction of sp³-hybridized carbons (Fsp3) is 0.0526. The Morgan fingerprint density at radius 1 is 0.682 bits per heavy atom. The van der Waals surface area contributed by atoms with Gasteiger partial charge in [0.15, 0.2) is 0 Å². The Hall–Kier alpha value is -2.94. The van der Waals surface area contributed by atoms with E-state index in [9.17, 15) is 4.91 Å². The molecular weight excluding hydrogens is 272 g/mol. The van der Waals surface area contributed by atoms with Gasteiger partial charge in [-0.25, -0.2) is 0 Å². The number of nitroso groups, excluding NO2 is 1. The highest BCUT2D eigenvalue weighted by Crippen LogP contribution is 2.27. The lowest BCUT2D eigenvalue weighted by atomic mass is 9.98. The predicted octanol–water partition coefficient (Wildman–Crippen LogP) is 5.29. The number of benzene rings is 3. The Balaban J connectivity index is 1.93. The van der Waals surface area contributed by atoms with Crippen molar-refractivity contribution in [1.82, 2.24) is 0 Å². The van der Waals surface area contributed by atoms with E-state index in [-0.39, 0.29) is 6.04 Å². The van der Waals surface area contributed by atoms with Gasteiger partial charge in [-0.2, -0.15) is 0 Å². The highest BCUT2D eigenvalue weighted by Gasteiger charge is 2.13. The predicted molar refractivity (Wildman–Crippen MR) is 90.2 cm³/mol. The van der Waals surface area contributed by atoms with Crippen molar-refractivity contribution in [1.29, 1.82) is 0 Å². The van der Waals surface area contributed by atoms with Gasteiger partial charge >= 0.3 is 0 Å². The maximum Gasteiger partial charge on any atom is 0.108 e. The van der Waals surface area contributed by atoms with Crippen LogP contribution < -0.4 is 5.32 Å². The first-order chi connectivity index (χ1) is 10.9. The summed E-state index contributed by atoms with van der Waals surface area (Å²) in [5.41, 5.74) is 3.75. The van der Waals surface area contributed by atoms with Gasteiger partial charge in [0.05, 0.1) is 6.04 Å². The zero-order chi connectivity index (χ0) is 15.2. The minimum absolute atomic E-state index is 0.0532. The van der Waals surface area contributed by atoms with E-state index in [4.69, 9.17) is 0 Å². The molecule has 0 aliphatic rings. The van der Waals surface area contributed by atoms with Gasteiger partial charge in [0, 0.05) is 5.69 Å². The molecule has 0 aromatic heterocycles. The molecule has 1 N–H and O–H groups in total. The van der Waals surface area contributed by atoms with Crippen LogP contribution in [0, 0.1) is 4.91 Å². The molecular formula is C19H16N2O. The monoisotopic (exact) mass is 288 g/mol. The summed E-state index contributed by atoms with van der Waals surface area (Å²) in [7, 11) is 0. The van der Waals surface area contributed by atoms with Gasteiger partial charge < -0.3 is 5.32 Å². The SMILES string of the molecule is O=Nc1ccc(NC(c2ccccc2)c2ccccc2)cc1. The third-order valence-electron chi connectivity index (χ3n) is 3.55. The van der Waals surface area contributed by atoms with Crippen molar-refractivity contribution in [2.75, 3.05) is 5.32 Å². The summed E-state index contributed by atoms with van der Waals surface area (Å²) >= 11 is 0. The number of rotatable bonds is 5. The number of nitrogens with zero attached hydrogens (tertiary/aromatic N) is 1. The lowest BCUT2D eigenvalue weighted by Crippen LogP contribution is -2.12. The van der Waals surface area contributed by atoms with Crippen molar-refractivity contribution < 1.29 is 0 Å². The molecule has 0 spiro atoms. The number of nitrogens with one attached hydrogen (secondary N) is 1. The smallest absolute Gasteiger partial charge is 0.108 e. The van der Waals surface area contributed by atoms with Crippen LogP contribution in [0.25, 0.3) is 0 Å². The standard InChI is InChI=1S/C19H16N2O/c22-21-18-13-11-17(12-14-18)20-19(15-7-3-1-4-8-15)16-9-5-2-6-10-16/h1-14,19-20H. The second-order valence-electron chi connectivity index (χ2n) is 5.04. The molecule has 3 rings (SSSR count). The van der Waals surface area contributed by atoms with Crippen LogP contribution in [0.15, 0.2) is 90.1 Å². The minimum Gasteiger partial charge on any atom is -0.374 e. The van der Waals surface area contributed by atoms with E-state index >= 15 is 0 Å². The fourth-order valence-electron chi connectivity index (χ4n) is 2.44. The molecule has 0 bridgehead atoms. The van der Waals surface area contributed by atoms with Crippen molar-refractivity contribution in [3.05, 3.63) is 101 Å². The first-order valence-corrected chi connectivity index (χ1v) is 7.16. The van der Waals surface area contributed by atoms with Crippen LogP contribution in [0.1, 0.15) is 17.2 Å². The first kappa shape index (κ1) is 14.0. The van der Waals surface area contributed by atoms with E-state index in [1.807, 2.05) is 48.5 Å². The van der Waals surface area contributed by atoms with E-state index in [0.717, 1.165) is 5.69 Å². The summed E-state index contributed by atoms with van der Waals surface area (Å²) in [6.45, 7) is 0. The highest BCUT2D eigenvalue weighted by molar-refractivity contribution is 5.53. The molecule has 108 valence electrons. The molecule has 0 aliphatic heterocycles. The third-order valence-corrected chi connectivity index (χ3v) is 3.55. The van der Waals surface area contributed by atoms with Gasteiger partial charge in [0.2, 0.25) is 0 Å². The van der Waals surface area contributed by atoms with Gasteiger partial charge in [0.1, 0.15) is 5.69 Å². The molecule has 0 saturated heterocycles. The summed E-state index contributed by atoms with van der Waals surface area (Å²) in [5.74, 6) is 0. The second kappa shape index (κ2) is 6.68. The van der Waals surface area contributed by atoms with Gasteiger partial charge in [0.25, 0.3) is 0 Å². The highest BCUT2D eigenvalue weighted by atomic mass is 16.3. The summed E-state index contributed by atoms with van der Waals surface area (Å²) in [4.78, 5) is 10.5. The largest absolute Gasteiger partial charge is 0.374 e. The quantitative estimate of drug-likeness (QED) is 0.648. The van der Waals surface area contributed by atoms with Gasteiger partial charge in [-0.15, -0.1) is 4.91 Å². The molecule has 0 saturated carbocycles. The van der Waals surface area contributed by atoms with Gasteiger partial charge in [-0.1, -0.05) is 60.7 Å². The summed E-state index contributed by atoms with van der Waals surface area (Å²) in [6.07, 6.45) is 0. The molecule has 3 nitrogen and oxygen atoms in total. The molecule has 3 aromatic carbocycles. The van der Waals surface area contributed by atoms with E-state index in [2.05, 4.69) is 34.8 Å². The molecule has 3 heteroatoms. The molecule has 22 heavy (non-hydrogen) atoms. The topological polar surface area (TPSA) is 41.5 Å². The average molecular weight is 288 g/mol. The van der Waals surface area contributed by atoms with Gasteiger partial charge in [-0.3, -0.25) is 0 Å². The molecule has 0 atom stereocenters. The van der Waals surface area contributed by atoms with E-state index in [1.165, 1.54) is 11.1 Å². The Labute approximate surface area is 129 Å². The van der Waals surface area contributed by atoms with E-state index in [1.54, 1.807) is 12.1 Å². The maximum absolute atomic E-state index is 10.5. The summed E-state index contributed by atoms with van der Waals surface area (Å²) in [5, 5.41) is 6.45. The molecule has 0 heterocycles. The van der Waals surface area contributed by atoms with Crippen LogP contribution in [0.5, 0.6) is 0 Å². The van der Waals surface area contributed by atoms with Crippen molar-refractivity contribution in [3.8, 4) is 0 Å². The lowest BCUT2D eigenvalue weighted by molar-refractivity contribution is 0.939. The Kier molecular flexibility index (Phi) is 4.25. The van der Waals surface area contributed by atoms with Gasteiger partial charge in [-0.05, 0) is 40.6 Å². The van der Waals surface area contributed by atoms with E-state index < -0.39 is 0 Å². The second-order valence-corrected chi connectivity index (χ2v) is 5.04. The normalized spacial score (nSPS) is 10.4. The van der Waals surface area contributed by atoms with Crippen LogP contribution in [0.4, 0.5) is 11.4 Å². The molecule has 0 fully saturated rings. The Morgan fingerprint density at radius 3 is 1.64 bits per heavy atom. The minimum atomic E-state index is 0.0532. The number of anilines is 1. The first-order valence-electron chi connectivity index (χ1n) is 7.16. The Bertz CT molecular complexity index is 685. The van der Waals surface area contributed by atoms with Crippen molar-refractivity contribution in [3.63, 3.8) is 0 Å². The number of hydrogen-bond acceptors (Lipinski definition) is 3. The lowest BCUT2D eigenvalue weighted by Gasteiger charge is -2.21. The summed E-state index contributed by atoms with van der Waals surface area (Å²) in [6, 6.07) is 27.8. The molecule has 0 amide bonds. The zero-order valence-electron chi connectivity index (χ0n) is 12.0. The Morgan fingerprint density at radius 2 is 1.18 bits per heavy atom.